The van der Waals surface area contributed by atoms with Crippen LogP contribution >= 0.6 is 0 Å². The molecule has 0 saturated carbocycles. The Morgan fingerprint density at radius 1 is 1.00 bits per heavy atom. The highest BCUT2D eigenvalue weighted by molar-refractivity contribution is 6.13. The molecule has 2 aliphatic heterocycles. The van der Waals surface area contributed by atoms with Gasteiger partial charge in [-0.05, 0) is 36.3 Å². The van der Waals surface area contributed by atoms with Crippen LogP contribution in [-0.2, 0) is 16.1 Å². The van der Waals surface area contributed by atoms with E-state index in [-0.39, 0.29) is 18.5 Å². The van der Waals surface area contributed by atoms with E-state index < -0.39 is 0 Å². The Morgan fingerprint density at radius 3 is 2.36 bits per heavy atom. The van der Waals surface area contributed by atoms with Gasteiger partial charge >= 0.3 is 6.03 Å². The van der Waals surface area contributed by atoms with E-state index in [9.17, 15) is 9.59 Å². The molecule has 6 heteroatoms. The van der Waals surface area contributed by atoms with Crippen LogP contribution in [0, 0.1) is 6.92 Å². The highest BCUT2D eigenvalue weighted by Gasteiger charge is 2.33. The zero-order valence-electron chi connectivity index (χ0n) is 15.9. The molecule has 4 rings (SSSR count). The largest absolute Gasteiger partial charge is 0.378 e. The standard InChI is InChI=1S/C22H23N3O3/c1-16-2-4-18(5-3-16)15-25-21(26)20(23-22(25)27)14-17-6-8-19(9-7-17)24-10-12-28-13-11-24/h2-9,14H,10-13,15H2,1H3,(H,23,27). The first-order chi connectivity index (χ1) is 13.6. The number of benzene rings is 2. The molecule has 0 atom stereocenters. The third kappa shape index (κ3) is 3.92. The highest BCUT2D eigenvalue weighted by Crippen LogP contribution is 2.20. The minimum Gasteiger partial charge on any atom is -0.378 e. The number of imide groups is 1. The number of nitrogens with one attached hydrogen (secondary N) is 1. The number of ether oxygens (including phenoxy) is 1. The lowest BCUT2D eigenvalue weighted by Gasteiger charge is -2.28. The van der Waals surface area contributed by atoms with Crippen LogP contribution in [0.5, 0.6) is 0 Å². The molecule has 144 valence electrons. The van der Waals surface area contributed by atoms with Crippen molar-refractivity contribution in [3.8, 4) is 0 Å². The maximum atomic E-state index is 12.7. The Morgan fingerprint density at radius 2 is 1.68 bits per heavy atom. The first kappa shape index (κ1) is 18.3. The summed E-state index contributed by atoms with van der Waals surface area (Å²) >= 11 is 0. The van der Waals surface area contributed by atoms with Gasteiger partial charge in [-0.25, -0.2) is 4.79 Å². The molecule has 0 radical (unpaired) electrons. The minimum atomic E-state index is -0.387. The third-order valence-electron chi connectivity index (χ3n) is 5.00. The summed E-state index contributed by atoms with van der Waals surface area (Å²) in [4.78, 5) is 28.4. The molecule has 3 amide bonds. The van der Waals surface area contributed by atoms with Crippen LogP contribution in [-0.4, -0.2) is 43.1 Å². The summed E-state index contributed by atoms with van der Waals surface area (Å²) in [6.07, 6.45) is 1.72. The van der Waals surface area contributed by atoms with Crippen molar-refractivity contribution in [2.45, 2.75) is 13.5 Å². The van der Waals surface area contributed by atoms with Crippen molar-refractivity contribution in [1.29, 1.82) is 0 Å². The SMILES string of the molecule is Cc1ccc(CN2C(=O)NC(=Cc3ccc(N4CCOCC4)cc3)C2=O)cc1. The third-order valence-corrected chi connectivity index (χ3v) is 5.00. The van der Waals surface area contributed by atoms with Crippen molar-refractivity contribution in [2.75, 3.05) is 31.2 Å². The van der Waals surface area contributed by atoms with Gasteiger partial charge in [0.1, 0.15) is 5.70 Å². The Hall–Kier alpha value is -3.12. The number of urea groups is 1. The number of morpholine rings is 1. The van der Waals surface area contributed by atoms with E-state index >= 15 is 0 Å². The molecule has 2 fully saturated rings. The fourth-order valence-electron chi connectivity index (χ4n) is 3.36. The molecule has 2 saturated heterocycles. The van der Waals surface area contributed by atoms with Crippen molar-refractivity contribution >= 4 is 23.7 Å². The number of amides is 3. The second-order valence-corrected chi connectivity index (χ2v) is 7.06. The molecule has 2 aliphatic rings. The summed E-state index contributed by atoms with van der Waals surface area (Å²) in [6.45, 7) is 5.50. The Kier molecular flexibility index (Phi) is 5.12. The lowest BCUT2D eigenvalue weighted by atomic mass is 10.1. The molecule has 6 nitrogen and oxygen atoms in total. The fourth-order valence-corrected chi connectivity index (χ4v) is 3.36. The lowest BCUT2D eigenvalue weighted by molar-refractivity contribution is -0.123. The smallest absolute Gasteiger partial charge is 0.329 e. The van der Waals surface area contributed by atoms with Crippen LogP contribution in [0.15, 0.2) is 54.2 Å². The normalized spacial score (nSPS) is 18.7. The highest BCUT2D eigenvalue weighted by atomic mass is 16.5. The summed E-state index contributed by atoms with van der Waals surface area (Å²) in [5, 5.41) is 2.68. The van der Waals surface area contributed by atoms with Crippen LogP contribution in [0.25, 0.3) is 6.08 Å². The molecular formula is C22H23N3O3. The van der Waals surface area contributed by atoms with Crippen molar-refractivity contribution in [3.05, 3.63) is 70.9 Å². The predicted molar refractivity (Wildman–Crippen MR) is 108 cm³/mol. The monoisotopic (exact) mass is 377 g/mol. The van der Waals surface area contributed by atoms with Crippen molar-refractivity contribution in [2.24, 2.45) is 0 Å². The molecule has 0 aliphatic carbocycles. The second kappa shape index (κ2) is 7.86. The summed E-state index contributed by atoms with van der Waals surface area (Å²) in [7, 11) is 0. The molecule has 0 spiro atoms. The summed E-state index contributed by atoms with van der Waals surface area (Å²) in [5.41, 5.74) is 4.37. The number of aryl methyl sites for hydroxylation is 1. The van der Waals surface area contributed by atoms with Gasteiger partial charge in [0, 0.05) is 18.8 Å². The van der Waals surface area contributed by atoms with Gasteiger partial charge in [0.2, 0.25) is 0 Å². The van der Waals surface area contributed by atoms with Crippen LogP contribution in [0.1, 0.15) is 16.7 Å². The number of hydrogen-bond donors (Lipinski definition) is 1. The maximum Gasteiger partial charge on any atom is 0.329 e. The predicted octanol–water partition coefficient (Wildman–Crippen LogP) is 2.92. The van der Waals surface area contributed by atoms with Crippen LogP contribution in [0.3, 0.4) is 0 Å². The van der Waals surface area contributed by atoms with E-state index in [4.69, 9.17) is 4.74 Å². The molecule has 2 aromatic carbocycles. The maximum absolute atomic E-state index is 12.7. The van der Waals surface area contributed by atoms with Crippen molar-refractivity contribution < 1.29 is 14.3 Å². The van der Waals surface area contributed by atoms with E-state index in [2.05, 4.69) is 10.2 Å². The van der Waals surface area contributed by atoms with E-state index in [1.807, 2.05) is 55.5 Å². The molecule has 1 N–H and O–H groups in total. The molecule has 28 heavy (non-hydrogen) atoms. The topological polar surface area (TPSA) is 61.9 Å². The average molecular weight is 377 g/mol. The van der Waals surface area contributed by atoms with Gasteiger partial charge in [-0.1, -0.05) is 42.0 Å². The zero-order chi connectivity index (χ0) is 19.5. The number of hydrogen-bond acceptors (Lipinski definition) is 4. The van der Waals surface area contributed by atoms with Gasteiger partial charge in [-0.2, -0.15) is 0 Å². The van der Waals surface area contributed by atoms with Crippen molar-refractivity contribution in [3.63, 3.8) is 0 Å². The van der Waals surface area contributed by atoms with E-state index in [0.29, 0.717) is 5.70 Å². The molecule has 2 heterocycles. The van der Waals surface area contributed by atoms with Gasteiger partial charge in [-0.3, -0.25) is 9.69 Å². The van der Waals surface area contributed by atoms with E-state index in [1.54, 1.807) is 6.08 Å². The van der Waals surface area contributed by atoms with Crippen LogP contribution in [0.4, 0.5) is 10.5 Å². The first-order valence-electron chi connectivity index (χ1n) is 9.43. The zero-order valence-corrected chi connectivity index (χ0v) is 15.9. The Bertz CT molecular complexity index is 898. The van der Waals surface area contributed by atoms with E-state index in [0.717, 1.165) is 48.7 Å². The average Bonchev–Trinajstić information content (AvgIpc) is 2.98. The second-order valence-electron chi connectivity index (χ2n) is 7.06. The summed E-state index contributed by atoms with van der Waals surface area (Å²) in [5.74, 6) is -0.303. The van der Waals surface area contributed by atoms with Gasteiger partial charge < -0.3 is 15.0 Å². The number of anilines is 1. The van der Waals surface area contributed by atoms with Crippen LogP contribution < -0.4 is 10.2 Å². The number of carbonyl (C=O) groups excluding carboxylic acids is 2. The van der Waals surface area contributed by atoms with Crippen molar-refractivity contribution in [1.82, 2.24) is 10.2 Å². The molecular weight excluding hydrogens is 354 g/mol. The van der Waals surface area contributed by atoms with Gasteiger partial charge in [-0.15, -0.1) is 0 Å². The lowest BCUT2D eigenvalue weighted by Crippen LogP contribution is -2.36. The molecule has 2 aromatic rings. The van der Waals surface area contributed by atoms with Crippen LogP contribution in [0.2, 0.25) is 0 Å². The molecule has 0 aromatic heterocycles. The summed E-state index contributed by atoms with van der Waals surface area (Å²) < 4.78 is 5.38. The minimum absolute atomic E-state index is 0.262. The quantitative estimate of drug-likeness (QED) is 0.657. The number of nitrogens with zero attached hydrogens (tertiary/aromatic N) is 2. The van der Waals surface area contributed by atoms with Gasteiger partial charge in [0.15, 0.2) is 0 Å². The molecule has 0 bridgehead atoms. The van der Waals surface area contributed by atoms with Gasteiger partial charge in [0.05, 0.1) is 19.8 Å². The van der Waals surface area contributed by atoms with Gasteiger partial charge in [0.25, 0.3) is 5.91 Å². The number of carbonyl (C=O) groups is 2. The van der Waals surface area contributed by atoms with E-state index in [1.165, 1.54) is 4.90 Å². The number of rotatable bonds is 4. The fraction of sp³-hybridized carbons (Fsp3) is 0.273. The Balaban J connectivity index is 1.46. The first-order valence-corrected chi connectivity index (χ1v) is 9.43. The Labute approximate surface area is 164 Å². The molecule has 0 unspecified atom stereocenters. The summed E-state index contributed by atoms with van der Waals surface area (Å²) in [6, 6.07) is 15.4.